The van der Waals surface area contributed by atoms with Crippen LogP contribution < -0.4 is 5.32 Å². The Morgan fingerprint density at radius 3 is 2.67 bits per heavy atom. The summed E-state index contributed by atoms with van der Waals surface area (Å²) in [7, 11) is -1.69. The Morgan fingerprint density at radius 1 is 1.26 bits per heavy atom. The summed E-state index contributed by atoms with van der Waals surface area (Å²) >= 11 is 0. The van der Waals surface area contributed by atoms with E-state index in [1.807, 2.05) is 31.5 Å². The van der Waals surface area contributed by atoms with Gasteiger partial charge in [0, 0.05) is 26.4 Å². The number of hydrogen-bond donors (Lipinski definition) is 1. The summed E-state index contributed by atoms with van der Waals surface area (Å²) in [6.07, 6.45) is 0.987. The second kappa shape index (κ2) is 7.44. The Balaban J connectivity index is 1.84. The number of imidazole rings is 1. The van der Waals surface area contributed by atoms with Crippen molar-refractivity contribution < 1.29 is 13.2 Å². The van der Waals surface area contributed by atoms with E-state index in [4.69, 9.17) is 0 Å². The first-order valence-corrected chi connectivity index (χ1v) is 10.6. The highest BCUT2D eigenvalue weighted by Gasteiger charge is 2.31. The van der Waals surface area contributed by atoms with Gasteiger partial charge in [0.15, 0.2) is 0 Å². The largest absolute Gasteiger partial charge is 0.349 e. The number of nitrogens with zero attached hydrogens (tertiary/aromatic N) is 3. The van der Waals surface area contributed by atoms with Gasteiger partial charge in [0.25, 0.3) is 0 Å². The Kier molecular flexibility index (Phi) is 5.39. The van der Waals surface area contributed by atoms with Crippen molar-refractivity contribution in [3.63, 3.8) is 0 Å². The summed E-state index contributed by atoms with van der Waals surface area (Å²) in [6, 6.07) is 5.24. The zero-order valence-corrected chi connectivity index (χ0v) is 17.1. The second-order valence-electron chi connectivity index (χ2n) is 6.95. The van der Waals surface area contributed by atoms with Crippen molar-refractivity contribution in [2.75, 3.05) is 6.54 Å². The Labute approximate surface area is 160 Å². The van der Waals surface area contributed by atoms with Crippen LogP contribution in [0.1, 0.15) is 41.7 Å². The quantitative estimate of drug-likeness (QED) is 0.844. The minimum Gasteiger partial charge on any atom is -0.349 e. The molecule has 0 aliphatic carbocycles. The highest BCUT2D eigenvalue weighted by Crippen LogP contribution is 2.26. The number of aromatic nitrogens is 2. The van der Waals surface area contributed by atoms with Gasteiger partial charge in [-0.15, -0.1) is 0 Å². The van der Waals surface area contributed by atoms with Crippen molar-refractivity contribution in [2.24, 2.45) is 7.05 Å². The van der Waals surface area contributed by atoms with Gasteiger partial charge in [-0.1, -0.05) is 13.0 Å². The van der Waals surface area contributed by atoms with Crippen molar-refractivity contribution in [2.45, 2.75) is 51.6 Å². The summed E-state index contributed by atoms with van der Waals surface area (Å²) in [5, 5.41) is 2.82. The van der Waals surface area contributed by atoms with Crippen LogP contribution in [-0.2, 0) is 41.4 Å². The zero-order valence-electron chi connectivity index (χ0n) is 16.2. The molecule has 1 aromatic heterocycles. The highest BCUT2D eigenvalue weighted by atomic mass is 32.2. The predicted molar refractivity (Wildman–Crippen MR) is 103 cm³/mol. The molecular weight excluding hydrogens is 364 g/mol. The number of rotatable bonds is 5. The Hall–Kier alpha value is -2.19. The molecular formula is C19H26N4O3S. The summed E-state index contributed by atoms with van der Waals surface area (Å²) < 4.78 is 29.5. The molecule has 0 radical (unpaired) electrons. The van der Waals surface area contributed by atoms with Gasteiger partial charge in [0.1, 0.15) is 5.82 Å². The van der Waals surface area contributed by atoms with E-state index in [0.29, 0.717) is 30.8 Å². The summed E-state index contributed by atoms with van der Waals surface area (Å²) in [5.74, 6) is 0.710. The molecule has 1 amide bonds. The number of hydrogen-bond acceptors (Lipinski definition) is 4. The fourth-order valence-electron chi connectivity index (χ4n) is 3.21. The third-order valence-electron chi connectivity index (χ3n) is 5.19. The number of aryl methyl sites for hydroxylation is 2. The van der Waals surface area contributed by atoms with Gasteiger partial charge in [-0.25, -0.2) is 13.4 Å². The van der Waals surface area contributed by atoms with E-state index in [1.165, 1.54) is 4.31 Å². The van der Waals surface area contributed by atoms with E-state index in [1.54, 1.807) is 19.1 Å². The predicted octanol–water partition coefficient (Wildman–Crippen LogP) is 1.81. The van der Waals surface area contributed by atoms with E-state index in [2.05, 4.69) is 10.3 Å². The smallest absolute Gasteiger partial charge is 0.243 e. The molecule has 0 unspecified atom stereocenters. The third kappa shape index (κ3) is 3.77. The molecule has 3 rings (SSSR count). The molecule has 1 N–H and O–H groups in total. The van der Waals surface area contributed by atoms with Crippen molar-refractivity contribution >= 4 is 15.9 Å². The molecule has 1 aromatic carbocycles. The lowest BCUT2D eigenvalue weighted by Gasteiger charge is -2.26. The Morgan fingerprint density at radius 2 is 2.00 bits per heavy atom. The van der Waals surface area contributed by atoms with Crippen LogP contribution >= 0.6 is 0 Å². The minimum atomic E-state index is -3.56. The van der Waals surface area contributed by atoms with E-state index in [9.17, 15) is 13.2 Å². The number of benzene rings is 1. The van der Waals surface area contributed by atoms with Gasteiger partial charge in [-0.3, -0.25) is 4.79 Å². The van der Waals surface area contributed by atoms with Crippen LogP contribution in [0.3, 0.4) is 0 Å². The molecule has 1 aliphatic heterocycles. The summed E-state index contributed by atoms with van der Waals surface area (Å²) in [5.41, 5.74) is 3.82. The molecule has 0 atom stereocenters. The maximum absolute atomic E-state index is 13.1. The highest BCUT2D eigenvalue weighted by molar-refractivity contribution is 7.89. The lowest BCUT2D eigenvalue weighted by atomic mass is 10.1. The lowest BCUT2D eigenvalue weighted by Crippen LogP contribution is -2.36. The average Bonchev–Trinajstić information content (AvgIpc) is 2.97. The molecule has 8 heteroatoms. The Bertz CT molecular complexity index is 979. The van der Waals surface area contributed by atoms with Crippen LogP contribution in [0.4, 0.5) is 0 Å². The zero-order chi connectivity index (χ0) is 19.8. The molecule has 0 fully saturated rings. The number of amides is 1. The molecule has 7 nitrogen and oxygen atoms in total. The van der Waals surface area contributed by atoms with E-state index in [0.717, 1.165) is 28.3 Å². The van der Waals surface area contributed by atoms with Crippen molar-refractivity contribution in [3.8, 4) is 0 Å². The molecule has 0 bridgehead atoms. The molecule has 0 spiro atoms. The number of carbonyl (C=O) groups excluding carboxylic acids is 1. The molecule has 1 aliphatic rings. The molecule has 146 valence electrons. The molecule has 0 saturated carbocycles. The van der Waals surface area contributed by atoms with Crippen LogP contribution in [0, 0.1) is 13.8 Å². The van der Waals surface area contributed by atoms with Gasteiger partial charge in [0.2, 0.25) is 15.9 Å². The number of nitrogens with one attached hydrogen (secondary N) is 1. The van der Waals surface area contributed by atoms with Crippen molar-refractivity contribution in [1.29, 1.82) is 0 Å². The molecule has 0 saturated heterocycles. The fraction of sp³-hybridized carbons (Fsp3) is 0.474. The van der Waals surface area contributed by atoms with E-state index < -0.39 is 10.0 Å². The van der Waals surface area contributed by atoms with Crippen molar-refractivity contribution in [1.82, 2.24) is 19.2 Å². The van der Waals surface area contributed by atoms with Crippen molar-refractivity contribution in [3.05, 3.63) is 46.5 Å². The van der Waals surface area contributed by atoms with Gasteiger partial charge in [0.05, 0.1) is 29.4 Å². The van der Waals surface area contributed by atoms with E-state index >= 15 is 0 Å². The van der Waals surface area contributed by atoms with Crippen LogP contribution in [0.5, 0.6) is 0 Å². The normalized spacial score (nSPS) is 14.8. The first kappa shape index (κ1) is 19.6. The van der Waals surface area contributed by atoms with Gasteiger partial charge >= 0.3 is 0 Å². The second-order valence-corrected chi connectivity index (χ2v) is 8.88. The molecule has 27 heavy (non-hydrogen) atoms. The topological polar surface area (TPSA) is 84.3 Å². The SMILES string of the molecule is CCC(=O)NCc1nc2c(n1C)CN(S(=O)(=O)c1ccc(C)c(C)c1)CC2. The van der Waals surface area contributed by atoms with Crippen LogP contribution in [0.2, 0.25) is 0 Å². The van der Waals surface area contributed by atoms with Gasteiger partial charge in [-0.2, -0.15) is 4.31 Å². The molecule has 2 heterocycles. The minimum absolute atomic E-state index is 0.0325. The number of fused-ring (bicyclic) bond motifs is 1. The number of carbonyl (C=O) groups is 1. The number of sulfonamides is 1. The van der Waals surface area contributed by atoms with E-state index in [-0.39, 0.29) is 12.5 Å². The van der Waals surface area contributed by atoms with Crippen LogP contribution in [0.15, 0.2) is 23.1 Å². The standard InChI is InChI=1S/C19H26N4O3S/c1-5-19(24)20-11-18-21-16-8-9-23(12-17(16)22(18)4)27(25,26)15-7-6-13(2)14(3)10-15/h6-7,10H,5,8-9,11-12H2,1-4H3,(H,20,24). The first-order valence-electron chi connectivity index (χ1n) is 9.11. The van der Waals surface area contributed by atoms with Crippen LogP contribution in [0.25, 0.3) is 0 Å². The third-order valence-corrected chi connectivity index (χ3v) is 7.04. The molecule has 2 aromatic rings. The fourth-order valence-corrected chi connectivity index (χ4v) is 4.70. The van der Waals surface area contributed by atoms with Gasteiger partial charge in [-0.05, 0) is 37.1 Å². The first-order chi connectivity index (χ1) is 12.7. The maximum atomic E-state index is 13.1. The van der Waals surface area contributed by atoms with Crippen LogP contribution in [-0.4, -0.2) is 34.7 Å². The lowest BCUT2D eigenvalue weighted by molar-refractivity contribution is -0.120. The summed E-state index contributed by atoms with van der Waals surface area (Å²) in [6.45, 7) is 6.72. The summed E-state index contributed by atoms with van der Waals surface area (Å²) in [4.78, 5) is 16.4. The monoisotopic (exact) mass is 390 g/mol. The van der Waals surface area contributed by atoms with Gasteiger partial charge < -0.3 is 9.88 Å². The maximum Gasteiger partial charge on any atom is 0.243 e. The average molecular weight is 391 g/mol.